The highest BCUT2D eigenvalue weighted by atomic mass is 35.5. The van der Waals surface area contributed by atoms with Crippen LogP contribution in [0.25, 0.3) is 0 Å². The summed E-state index contributed by atoms with van der Waals surface area (Å²) in [7, 11) is 1.57. The van der Waals surface area contributed by atoms with Crippen molar-refractivity contribution in [3.63, 3.8) is 0 Å². The lowest BCUT2D eigenvalue weighted by Gasteiger charge is -2.06. The first kappa shape index (κ1) is 20.2. The van der Waals surface area contributed by atoms with Crippen LogP contribution in [0.2, 0.25) is 5.02 Å². The third-order valence-corrected chi connectivity index (χ3v) is 3.50. The number of aromatic nitrogens is 1. The van der Waals surface area contributed by atoms with Crippen molar-refractivity contribution in [3.8, 4) is 5.75 Å². The number of rotatable bonds is 7. The standard InChI is InChI=1S/C18H19ClN4O4/c1-12(9-17(24)21-16-8-5-14(19)10-20-16)22-23-18(25)27-11-13-3-6-15(26-2)7-4-13/h3-8,10H,9,11H2,1-2H3,(H,23,25)(H,20,21,24)/b22-12-. The first-order valence-corrected chi connectivity index (χ1v) is 8.34. The summed E-state index contributed by atoms with van der Waals surface area (Å²) in [6, 6.07) is 10.3. The van der Waals surface area contributed by atoms with E-state index in [1.807, 2.05) is 0 Å². The van der Waals surface area contributed by atoms with E-state index in [0.29, 0.717) is 16.6 Å². The van der Waals surface area contributed by atoms with Gasteiger partial charge in [0, 0.05) is 11.9 Å². The summed E-state index contributed by atoms with van der Waals surface area (Å²) in [5, 5.41) is 6.90. The van der Waals surface area contributed by atoms with E-state index in [1.54, 1.807) is 50.4 Å². The van der Waals surface area contributed by atoms with Gasteiger partial charge < -0.3 is 14.8 Å². The van der Waals surface area contributed by atoms with Crippen molar-refractivity contribution in [2.75, 3.05) is 12.4 Å². The predicted molar refractivity (Wildman–Crippen MR) is 102 cm³/mol. The van der Waals surface area contributed by atoms with Crippen LogP contribution < -0.4 is 15.5 Å². The van der Waals surface area contributed by atoms with Crippen LogP contribution in [0, 0.1) is 0 Å². The molecule has 27 heavy (non-hydrogen) atoms. The second kappa shape index (κ2) is 10.1. The van der Waals surface area contributed by atoms with Gasteiger partial charge in [-0.05, 0) is 36.8 Å². The SMILES string of the molecule is COc1ccc(COC(=O)N/N=C(/C)CC(=O)Nc2ccc(Cl)cn2)cc1. The molecule has 9 heteroatoms. The second-order valence-electron chi connectivity index (χ2n) is 5.47. The Kier molecular flexibility index (Phi) is 7.57. The number of nitrogens with one attached hydrogen (secondary N) is 2. The number of halogens is 1. The highest BCUT2D eigenvalue weighted by Crippen LogP contribution is 2.12. The molecule has 0 radical (unpaired) electrons. The maximum atomic E-state index is 11.9. The topological polar surface area (TPSA) is 102 Å². The van der Waals surface area contributed by atoms with Gasteiger partial charge in [-0.3, -0.25) is 4.79 Å². The minimum atomic E-state index is -0.718. The van der Waals surface area contributed by atoms with Crippen molar-refractivity contribution in [1.29, 1.82) is 0 Å². The van der Waals surface area contributed by atoms with E-state index in [-0.39, 0.29) is 18.9 Å². The van der Waals surface area contributed by atoms with Gasteiger partial charge in [-0.15, -0.1) is 0 Å². The molecule has 0 atom stereocenters. The van der Waals surface area contributed by atoms with E-state index in [2.05, 4.69) is 20.8 Å². The highest BCUT2D eigenvalue weighted by Gasteiger charge is 2.07. The van der Waals surface area contributed by atoms with Gasteiger partial charge >= 0.3 is 6.09 Å². The van der Waals surface area contributed by atoms with Gasteiger partial charge in [0.15, 0.2) is 0 Å². The lowest BCUT2D eigenvalue weighted by molar-refractivity contribution is -0.115. The molecule has 1 aromatic heterocycles. The Morgan fingerprint density at radius 3 is 2.56 bits per heavy atom. The molecule has 0 aliphatic carbocycles. The van der Waals surface area contributed by atoms with Gasteiger partial charge in [0.05, 0.1) is 18.6 Å². The summed E-state index contributed by atoms with van der Waals surface area (Å²) in [5.74, 6) is 0.777. The van der Waals surface area contributed by atoms with Crippen molar-refractivity contribution >= 4 is 35.1 Å². The molecule has 2 N–H and O–H groups in total. The molecule has 2 amide bonds. The first-order chi connectivity index (χ1) is 13.0. The fourth-order valence-electron chi connectivity index (χ4n) is 1.95. The molecule has 0 saturated heterocycles. The normalized spacial score (nSPS) is 10.9. The number of benzene rings is 1. The molecule has 0 bridgehead atoms. The molecule has 0 fully saturated rings. The fourth-order valence-corrected chi connectivity index (χ4v) is 2.06. The Balaban J connectivity index is 1.73. The summed E-state index contributed by atoms with van der Waals surface area (Å²) >= 11 is 5.73. The summed E-state index contributed by atoms with van der Waals surface area (Å²) < 4.78 is 10.1. The third-order valence-electron chi connectivity index (χ3n) is 3.28. The summed E-state index contributed by atoms with van der Waals surface area (Å²) in [6.45, 7) is 1.70. The first-order valence-electron chi connectivity index (χ1n) is 7.96. The number of carbonyl (C=O) groups is 2. The van der Waals surface area contributed by atoms with E-state index in [4.69, 9.17) is 21.1 Å². The third kappa shape index (κ3) is 7.33. The zero-order chi connectivity index (χ0) is 19.6. The molecule has 1 aromatic carbocycles. The average Bonchev–Trinajstić information content (AvgIpc) is 2.67. The molecule has 0 saturated carbocycles. The lowest BCUT2D eigenvalue weighted by Crippen LogP contribution is -2.22. The number of hydrazone groups is 1. The number of amides is 2. The maximum Gasteiger partial charge on any atom is 0.428 e. The molecular weight excluding hydrogens is 372 g/mol. The Bertz CT molecular complexity index is 807. The maximum absolute atomic E-state index is 11.9. The Morgan fingerprint density at radius 1 is 1.19 bits per heavy atom. The Morgan fingerprint density at radius 2 is 1.93 bits per heavy atom. The number of hydrogen-bond acceptors (Lipinski definition) is 6. The van der Waals surface area contributed by atoms with Crippen molar-refractivity contribution < 1.29 is 19.1 Å². The van der Waals surface area contributed by atoms with Crippen molar-refractivity contribution in [2.45, 2.75) is 20.0 Å². The van der Waals surface area contributed by atoms with Gasteiger partial charge in [0.25, 0.3) is 0 Å². The molecule has 2 aromatic rings. The minimum absolute atomic E-state index is 0.0108. The van der Waals surface area contributed by atoms with Crippen molar-refractivity contribution in [1.82, 2.24) is 10.4 Å². The molecule has 0 unspecified atom stereocenters. The van der Waals surface area contributed by atoms with Crippen LogP contribution >= 0.6 is 11.6 Å². The number of hydrogen-bond donors (Lipinski definition) is 2. The van der Waals surface area contributed by atoms with Crippen LogP contribution in [0.1, 0.15) is 18.9 Å². The van der Waals surface area contributed by atoms with E-state index in [0.717, 1.165) is 11.3 Å². The lowest BCUT2D eigenvalue weighted by atomic mass is 10.2. The molecule has 8 nitrogen and oxygen atoms in total. The number of nitrogens with zero attached hydrogens (tertiary/aromatic N) is 2. The Hall–Kier alpha value is -3.13. The summed E-state index contributed by atoms with van der Waals surface area (Å²) in [4.78, 5) is 27.5. The van der Waals surface area contributed by atoms with Crippen molar-refractivity contribution in [3.05, 3.63) is 53.2 Å². The van der Waals surface area contributed by atoms with E-state index in [1.165, 1.54) is 6.20 Å². The zero-order valence-electron chi connectivity index (χ0n) is 14.9. The molecular formula is C18H19ClN4O4. The quantitative estimate of drug-likeness (QED) is 0.557. The van der Waals surface area contributed by atoms with Crippen LogP contribution in [0.3, 0.4) is 0 Å². The predicted octanol–water partition coefficient (Wildman–Crippen LogP) is 3.37. The second-order valence-corrected chi connectivity index (χ2v) is 5.91. The number of carbonyl (C=O) groups excluding carboxylic acids is 2. The monoisotopic (exact) mass is 390 g/mol. The average molecular weight is 391 g/mol. The van der Waals surface area contributed by atoms with Crippen LogP contribution in [0.5, 0.6) is 5.75 Å². The fraction of sp³-hybridized carbons (Fsp3) is 0.222. The number of anilines is 1. The van der Waals surface area contributed by atoms with Gasteiger partial charge in [0.1, 0.15) is 18.2 Å². The van der Waals surface area contributed by atoms with Gasteiger partial charge in [0.2, 0.25) is 5.91 Å². The highest BCUT2D eigenvalue weighted by molar-refractivity contribution is 6.30. The molecule has 0 spiro atoms. The van der Waals surface area contributed by atoms with Crippen LogP contribution in [-0.2, 0) is 16.1 Å². The van der Waals surface area contributed by atoms with Gasteiger partial charge in [-0.1, -0.05) is 23.7 Å². The number of methoxy groups -OCH3 is 1. The van der Waals surface area contributed by atoms with Crippen LogP contribution in [0.15, 0.2) is 47.7 Å². The van der Waals surface area contributed by atoms with E-state index in [9.17, 15) is 9.59 Å². The molecule has 0 aliphatic rings. The molecule has 142 valence electrons. The molecule has 0 aliphatic heterocycles. The molecule has 2 rings (SSSR count). The number of pyridine rings is 1. The summed E-state index contributed by atoms with van der Waals surface area (Å²) in [5.41, 5.74) is 3.45. The largest absolute Gasteiger partial charge is 0.497 e. The smallest absolute Gasteiger partial charge is 0.428 e. The molecule has 1 heterocycles. The van der Waals surface area contributed by atoms with E-state index >= 15 is 0 Å². The van der Waals surface area contributed by atoms with Gasteiger partial charge in [-0.25, -0.2) is 15.2 Å². The van der Waals surface area contributed by atoms with E-state index < -0.39 is 6.09 Å². The van der Waals surface area contributed by atoms with Crippen LogP contribution in [-0.4, -0.2) is 29.8 Å². The zero-order valence-corrected chi connectivity index (χ0v) is 15.6. The number of ether oxygens (including phenoxy) is 2. The Labute approximate surface area is 161 Å². The minimum Gasteiger partial charge on any atom is -0.497 e. The van der Waals surface area contributed by atoms with Crippen molar-refractivity contribution in [2.24, 2.45) is 5.10 Å². The summed E-state index contributed by atoms with van der Waals surface area (Å²) in [6.07, 6.45) is 0.701. The van der Waals surface area contributed by atoms with Gasteiger partial charge in [-0.2, -0.15) is 5.10 Å². The van der Waals surface area contributed by atoms with Crippen LogP contribution in [0.4, 0.5) is 10.6 Å².